The molecule has 2 N–H and O–H groups in total. The first kappa shape index (κ1) is 15.9. The Morgan fingerprint density at radius 3 is 2.11 bits per heavy atom. The van der Waals surface area contributed by atoms with E-state index in [0.717, 1.165) is 26.1 Å². The lowest BCUT2D eigenvalue weighted by Gasteiger charge is -2.37. The summed E-state index contributed by atoms with van der Waals surface area (Å²) >= 11 is 0. The van der Waals surface area contributed by atoms with E-state index in [4.69, 9.17) is 0 Å². The van der Waals surface area contributed by atoms with E-state index in [-0.39, 0.29) is 12.6 Å². The van der Waals surface area contributed by atoms with Gasteiger partial charge < -0.3 is 15.3 Å². The number of aliphatic hydroxyl groups excluding tert-OH is 1. The molecule has 1 aliphatic rings. The van der Waals surface area contributed by atoms with Crippen molar-refractivity contribution in [1.29, 1.82) is 0 Å². The Labute approximate surface area is 112 Å². The summed E-state index contributed by atoms with van der Waals surface area (Å²) in [4.78, 5) is 5.05. The van der Waals surface area contributed by atoms with Gasteiger partial charge in [-0.25, -0.2) is 0 Å². The van der Waals surface area contributed by atoms with Crippen LogP contribution in [0.3, 0.4) is 0 Å². The monoisotopic (exact) mass is 257 g/mol. The van der Waals surface area contributed by atoms with E-state index < -0.39 is 0 Å². The van der Waals surface area contributed by atoms with Gasteiger partial charge in [-0.1, -0.05) is 13.8 Å². The molecule has 1 saturated heterocycles. The van der Waals surface area contributed by atoms with Crippen LogP contribution in [-0.4, -0.2) is 72.4 Å². The van der Waals surface area contributed by atoms with Crippen LogP contribution in [0.2, 0.25) is 0 Å². The molecule has 0 amide bonds. The third-order valence-electron chi connectivity index (χ3n) is 3.72. The summed E-state index contributed by atoms with van der Waals surface area (Å²) < 4.78 is 0. The highest BCUT2D eigenvalue weighted by molar-refractivity contribution is 4.76. The summed E-state index contributed by atoms with van der Waals surface area (Å²) in [6.07, 6.45) is 1.04. The summed E-state index contributed by atoms with van der Waals surface area (Å²) in [7, 11) is 0. The summed E-state index contributed by atoms with van der Waals surface area (Å²) in [5.41, 5.74) is 0. The fourth-order valence-corrected chi connectivity index (χ4v) is 2.54. The summed E-state index contributed by atoms with van der Waals surface area (Å²) in [6, 6.07) is 1.35. The fourth-order valence-electron chi connectivity index (χ4n) is 2.54. The van der Waals surface area contributed by atoms with E-state index in [0.29, 0.717) is 12.1 Å². The number of nitrogens with one attached hydrogen (secondary N) is 1. The number of nitrogens with zero attached hydrogens (tertiary/aromatic N) is 2. The zero-order valence-electron chi connectivity index (χ0n) is 12.5. The molecule has 0 aliphatic carbocycles. The molecule has 0 aromatic rings. The molecule has 1 unspecified atom stereocenters. The van der Waals surface area contributed by atoms with Gasteiger partial charge in [0.05, 0.1) is 6.61 Å². The lowest BCUT2D eigenvalue weighted by Crippen LogP contribution is -2.50. The van der Waals surface area contributed by atoms with Crippen molar-refractivity contribution in [2.45, 2.75) is 52.2 Å². The molecule has 4 nitrogen and oxygen atoms in total. The SMILES string of the molecule is CC(C)NC(CO)CCN1CCN(C(C)C)CC1. The minimum atomic E-state index is 0.240. The third-order valence-corrected chi connectivity index (χ3v) is 3.72. The smallest absolute Gasteiger partial charge is 0.0585 e. The van der Waals surface area contributed by atoms with Crippen LogP contribution < -0.4 is 5.32 Å². The van der Waals surface area contributed by atoms with Crippen LogP contribution in [0.5, 0.6) is 0 Å². The van der Waals surface area contributed by atoms with Crippen LogP contribution in [0.25, 0.3) is 0 Å². The largest absolute Gasteiger partial charge is 0.395 e. The molecule has 0 aromatic carbocycles. The lowest BCUT2D eigenvalue weighted by atomic mass is 10.1. The minimum absolute atomic E-state index is 0.240. The number of piperazine rings is 1. The maximum atomic E-state index is 9.33. The molecule has 108 valence electrons. The van der Waals surface area contributed by atoms with Crippen molar-refractivity contribution in [3.8, 4) is 0 Å². The zero-order valence-corrected chi connectivity index (χ0v) is 12.5. The molecule has 1 fully saturated rings. The molecule has 1 heterocycles. The molecular weight excluding hydrogens is 226 g/mol. The fraction of sp³-hybridized carbons (Fsp3) is 1.00. The van der Waals surface area contributed by atoms with Crippen molar-refractivity contribution in [1.82, 2.24) is 15.1 Å². The number of aliphatic hydroxyl groups is 1. The Morgan fingerprint density at radius 2 is 1.67 bits per heavy atom. The van der Waals surface area contributed by atoms with E-state index >= 15 is 0 Å². The van der Waals surface area contributed by atoms with Gasteiger partial charge in [-0.3, -0.25) is 4.90 Å². The lowest BCUT2D eigenvalue weighted by molar-refractivity contribution is 0.102. The van der Waals surface area contributed by atoms with Crippen molar-refractivity contribution in [2.24, 2.45) is 0 Å². The van der Waals surface area contributed by atoms with Gasteiger partial charge in [0.2, 0.25) is 0 Å². The maximum Gasteiger partial charge on any atom is 0.0585 e. The summed E-state index contributed by atoms with van der Waals surface area (Å²) in [5.74, 6) is 0. The first-order chi connectivity index (χ1) is 8.52. The van der Waals surface area contributed by atoms with Crippen LogP contribution in [0.1, 0.15) is 34.1 Å². The normalized spacial score (nSPS) is 20.8. The van der Waals surface area contributed by atoms with Gasteiger partial charge in [0, 0.05) is 44.3 Å². The van der Waals surface area contributed by atoms with Gasteiger partial charge in [0.15, 0.2) is 0 Å². The number of hydrogen-bond donors (Lipinski definition) is 2. The van der Waals surface area contributed by atoms with Crippen LogP contribution in [0, 0.1) is 0 Å². The predicted octanol–water partition coefficient (Wildman–Crippen LogP) is 0.761. The zero-order chi connectivity index (χ0) is 13.5. The molecule has 0 bridgehead atoms. The molecule has 4 heteroatoms. The van der Waals surface area contributed by atoms with Gasteiger partial charge in [0.1, 0.15) is 0 Å². The Balaban J connectivity index is 2.20. The highest BCUT2D eigenvalue weighted by atomic mass is 16.3. The van der Waals surface area contributed by atoms with Crippen molar-refractivity contribution in [2.75, 3.05) is 39.3 Å². The quantitative estimate of drug-likeness (QED) is 0.706. The van der Waals surface area contributed by atoms with E-state index in [1.807, 2.05) is 0 Å². The summed E-state index contributed by atoms with van der Waals surface area (Å²) in [5, 5.41) is 12.7. The van der Waals surface area contributed by atoms with Crippen molar-refractivity contribution < 1.29 is 5.11 Å². The summed E-state index contributed by atoms with van der Waals surface area (Å²) in [6.45, 7) is 14.8. The second kappa shape index (κ2) is 8.10. The predicted molar refractivity (Wildman–Crippen MR) is 76.9 cm³/mol. The van der Waals surface area contributed by atoms with E-state index in [1.54, 1.807) is 0 Å². The number of hydrogen-bond acceptors (Lipinski definition) is 4. The van der Waals surface area contributed by atoms with Gasteiger partial charge in [-0.05, 0) is 26.8 Å². The van der Waals surface area contributed by atoms with Crippen LogP contribution in [0.15, 0.2) is 0 Å². The molecule has 0 saturated carbocycles. The molecule has 1 atom stereocenters. The van der Waals surface area contributed by atoms with Gasteiger partial charge in [-0.15, -0.1) is 0 Å². The minimum Gasteiger partial charge on any atom is -0.395 e. The van der Waals surface area contributed by atoms with Crippen molar-refractivity contribution in [3.63, 3.8) is 0 Å². The Hall–Kier alpha value is -0.160. The van der Waals surface area contributed by atoms with E-state index in [2.05, 4.69) is 42.8 Å². The molecule has 0 spiro atoms. The van der Waals surface area contributed by atoms with Gasteiger partial charge in [-0.2, -0.15) is 0 Å². The molecule has 0 aromatic heterocycles. The number of rotatable bonds is 7. The van der Waals surface area contributed by atoms with Crippen molar-refractivity contribution in [3.05, 3.63) is 0 Å². The molecular formula is C14H31N3O. The van der Waals surface area contributed by atoms with Gasteiger partial charge >= 0.3 is 0 Å². The Morgan fingerprint density at radius 1 is 1.06 bits per heavy atom. The Kier molecular flexibility index (Phi) is 7.15. The first-order valence-corrected chi connectivity index (χ1v) is 7.36. The van der Waals surface area contributed by atoms with Crippen molar-refractivity contribution >= 4 is 0 Å². The first-order valence-electron chi connectivity index (χ1n) is 7.36. The molecule has 1 aliphatic heterocycles. The van der Waals surface area contributed by atoms with Crippen LogP contribution in [-0.2, 0) is 0 Å². The second-order valence-corrected chi connectivity index (χ2v) is 5.96. The molecule has 0 radical (unpaired) electrons. The second-order valence-electron chi connectivity index (χ2n) is 5.96. The van der Waals surface area contributed by atoms with Gasteiger partial charge in [0.25, 0.3) is 0 Å². The highest BCUT2D eigenvalue weighted by Crippen LogP contribution is 2.07. The maximum absolute atomic E-state index is 9.33. The van der Waals surface area contributed by atoms with Crippen LogP contribution >= 0.6 is 0 Å². The average Bonchev–Trinajstić information content (AvgIpc) is 2.34. The highest BCUT2D eigenvalue weighted by Gasteiger charge is 2.19. The molecule has 1 rings (SSSR count). The van der Waals surface area contributed by atoms with E-state index in [1.165, 1.54) is 13.1 Å². The topological polar surface area (TPSA) is 38.7 Å². The van der Waals surface area contributed by atoms with E-state index in [9.17, 15) is 5.11 Å². The molecule has 18 heavy (non-hydrogen) atoms. The Bertz CT molecular complexity index is 213. The van der Waals surface area contributed by atoms with Crippen LogP contribution in [0.4, 0.5) is 0 Å². The third kappa shape index (κ3) is 5.65. The standard InChI is InChI=1S/C14H31N3O/c1-12(2)15-14(11-18)5-6-16-7-9-17(10-8-16)13(3)4/h12-15,18H,5-11H2,1-4H3. The average molecular weight is 257 g/mol.